The second kappa shape index (κ2) is 7.76. The van der Waals surface area contributed by atoms with Crippen molar-refractivity contribution in [1.29, 1.82) is 0 Å². The molecule has 0 bridgehead atoms. The maximum Gasteiger partial charge on any atom is 0.573 e. The van der Waals surface area contributed by atoms with Crippen molar-refractivity contribution in [1.82, 2.24) is 24.5 Å². The van der Waals surface area contributed by atoms with Crippen molar-refractivity contribution in [2.24, 2.45) is 5.73 Å². The van der Waals surface area contributed by atoms with Crippen molar-refractivity contribution in [3.63, 3.8) is 0 Å². The number of aliphatic hydroxyl groups excluding tert-OH is 1. The van der Waals surface area contributed by atoms with Crippen molar-refractivity contribution in [3.8, 4) is 22.6 Å². The molecule has 0 atom stereocenters. The molecule has 0 spiro atoms. The van der Waals surface area contributed by atoms with Crippen molar-refractivity contribution >= 4 is 11.0 Å². The number of halogens is 3. The van der Waals surface area contributed by atoms with Gasteiger partial charge in [-0.2, -0.15) is 10.2 Å². The zero-order chi connectivity index (χ0) is 21.3. The Labute approximate surface area is 168 Å². The number of nitrogens with two attached hydrogens (primary N) is 1. The average Bonchev–Trinajstić information content (AvgIpc) is 3.32. The van der Waals surface area contributed by atoms with E-state index in [9.17, 15) is 13.2 Å². The van der Waals surface area contributed by atoms with Crippen molar-refractivity contribution in [3.05, 3.63) is 54.6 Å². The summed E-state index contributed by atoms with van der Waals surface area (Å²) in [6.45, 7) is 0.471. The number of ether oxygens (including phenoxy) is 1. The molecule has 3 heterocycles. The van der Waals surface area contributed by atoms with Gasteiger partial charge in [0.1, 0.15) is 5.75 Å². The Morgan fingerprint density at radius 2 is 1.90 bits per heavy atom. The zero-order valence-electron chi connectivity index (χ0n) is 15.5. The number of aliphatic hydroxyl groups is 1. The zero-order valence-corrected chi connectivity index (χ0v) is 15.5. The van der Waals surface area contributed by atoms with Crippen LogP contribution in [-0.4, -0.2) is 42.6 Å². The van der Waals surface area contributed by atoms with E-state index in [0.717, 1.165) is 16.5 Å². The number of hydrogen-bond donors (Lipinski definition) is 2. The Bertz CT molecular complexity index is 1170. The molecular formula is C19H17F3N6O2. The predicted molar refractivity (Wildman–Crippen MR) is 102 cm³/mol. The van der Waals surface area contributed by atoms with Crippen LogP contribution in [0.15, 0.2) is 48.9 Å². The number of pyridine rings is 1. The molecule has 0 aliphatic heterocycles. The predicted octanol–water partition coefficient (Wildman–Crippen LogP) is 2.63. The highest BCUT2D eigenvalue weighted by Crippen LogP contribution is 2.31. The van der Waals surface area contributed by atoms with Crippen LogP contribution in [0, 0.1) is 0 Å². The number of hydrogen-bond acceptors (Lipinski definition) is 6. The Kier molecular flexibility index (Phi) is 5.14. The van der Waals surface area contributed by atoms with E-state index in [1.807, 2.05) is 6.07 Å². The lowest BCUT2D eigenvalue weighted by Crippen LogP contribution is -2.17. The number of aromatic nitrogens is 5. The third-order valence-electron chi connectivity index (χ3n) is 4.42. The number of rotatable bonds is 6. The van der Waals surface area contributed by atoms with Crippen LogP contribution in [0.3, 0.4) is 0 Å². The van der Waals surface area contributed by atoms with E-state index >= 15 is 0 Å². The number of nitrogens with zero attached hydrogens (tertiary/aromatic N) is 5. The fraction of sp³-hybridized carbons (Fsp3) is 0.211. The van der Waals surface area contributed by atoms with E-state index < -0.39 is 6.36 Å². The summed E-state index contributed by atoms with van der Waals surface area (Å²) < 4.78 is 44.2. The summed E-state index contributed by atoms with van der Waals surface area (Å²) >= 11 is 0. The molecule has 0 aliphatic rings. The quantitative estimate of drug-likeness (QED) is 0.499. The minimum Gasteiger partial charge on any atom is -0.406 e. The standard InChI is InChI=1S/C19H17F3N6O2/c20-19(21,22)30-14-3-1-13(2-4-14)28-18-17(16(9-23)26-28)15(5-6-24-18)12-10-25-27(11-12)7-8-29/h1-6,10-11,29H,7-9,23H2. The van der Waals surface area contributed by atoms with Crippen LogP contribution in [0.4, 0.5) is 13.2 Å². The van der Waals surface area contributed by atoms with Gasteiger partial charge in [-0.05, 0) is 35.9 Å². The average molecular weight is 418 g/mol. The van der Waals surface area contributed by atoms with Gasteiger partial charge in [0.25, 0.3) is 0 Å². The van der Waals surface area contributed by atoms with E-state index in [0.29, 0.717) is 23.6 Å². The lowest BCUT2D eigenvalue weighted by molar-refractivity contribution is -0.274. The molecule has 1 aromatic carbocycles. The largest absolute Gasteiger partial charge is 0.573 e. The topological polar surface area (TPSA) is 104 Å². The van der Waals surface area contributed by atoms with Gasteiger partial charge in [0.15, 0.2) is 5.65 Å². The van der Waals surface area contributed by atoms with Gasteiger partial charge in [-0.25, -0.2) is 9.67 Å². The first-order chi connectivity index (χ1) is 14.4. The second-order valence-electron chi connectivity index (χ2n) is 6.38. The highest BCUT2D eigenvalue weighted by Gasteiger charge is 2.31. The molecule has 3 aromatic heterocycles. The van der Waals surface area contributed by atoms with Gasteiger partial charge in [0.05, 0.1) is 36.1 Å². The van der Waals surface area contributed by atoms with Gasteiger partial charge in [-0.1, -0.05) is 0 Å². The molecule has 0 radical (unpaired) electrons. The van der Waals surface area contributed by atoms with Gasteiger partial charge >= 0.3 is 6.36 Å². The Balaban J connectivity index is 1.79. The van der Waals surface area contributed by atoms with Crippen LogP contribution in [0.2, 0.25) is 0 Å². The fourth-order valence-electron chi connectivity index (χ4n) is 3.19. The molecular weight excluding hydrogens is 401 g/mol. The summed E-state index contributed by atoms with van der Waals surface area (Å²) in [6, 6.07) is 7.15. The van der Waals surface area contributed by atoms with Gasteiger partial charge in [-0.3, -0.25) is 4.68 Å². The molecule has 156 valence electrons. The van der Waals surface area contributed by atoms with Crippen molar-refractivity contribution < 1.29 is 23.0 Å². The second-order valence-corrected chi connectivity index (χ2v) is 6.38. The van der Waals surface area contributed by atoms with E-state index in [1.54, 1.807) is 23.3 Å². The van der Waals surface area contributed by atoms with Gasteiger partial charge < -0.3 is 15.6 Å². The summed E-state index contributed by atoms with van der Waals surface area (Å²) in [4.78, 5) is 4.40. The maximum atomic E-state index is 12.4. The third kappa shape index (κ3) is 3.84. The molecule has 4 rings (SSSR count). The van der Waals surface area contributed by atoms with Gasteiger partial charge in [0, 0.05) is 24.5 Å². The Hall–Kier alpha value is -3.44. The molecule has 0 amide bonds. The summed E-state index contributed by atoms with van der Waals surface area (Å²) in [7, 11) is 0. The normalized spacial score (nSPS) is 11.9. The monoisotopic (exact) mass is 418 g/mol. The van der Waals surface area contributed by atoms with Crippen LogP contribution in [-0.2, 0) is 13.1 Å². The first kappa shape index (κ1) is 19.9. The summed E-state index contributed by atoms with van der Waals surface area (Å²) in [5.41, 5.74) is 9.11. The summed E-state index contributed by atoms with van der Waals surface area (Å²) in [5.74, 6) is -0.327. The number of alkyl halides is 3. The van der Waals surface area contributed by atoms with Gasteiger partial charge in [0.2, 0.25) is 0 Å². The molecule has 0 unspecified atom stereocenters. The molecule has 8 nitrogen and oxygen atoms in total. The lowest BCUT2D eigenvalue weighted by atomic mass is 10.1. The molecule has 0 fully saturated rings. The fourth-order valence-corrected chi connectivity index (χ4v) is 3.19. The van der Waals surface area contributed by atoms with Crippen molar-refractivity contribution in [2.75, 3.05) is 6.61 Å². The molecule has 30 heavy (non-hydrogen) atoms. The Morgan fingerprint density at radius 3 is 2.57 bits per heavy atom. The molecule has 3 N–H and O–H groups in total. The van der Waals surface area contributed by atoms with E-state index in [-0.39, 0.29) is 18.9 Å². The maximum absolute atomic E-state index is 12.4. The van der Waals surface area contributed by atoms with Gasteiger partial charge in [-0.15, -0.1) is 13.2 Å². The minimum absolute atomic E-state index is 0.0348. The first-order valence-electron chi connectivity index (χ1n) is 8.96. The lowest BCUT2D eigenvalue weighted by Gasteiger charge is -2.09. The summed E-state index contributed by atoms with van der Waals surface area (Å²) in [6.07, 6.45) is 0.321. The van der Waals surface area contributed by atoms with Crippen LogP contribution in [0.5, 0.6) is 5.75 Å². The highest BCUT2D eigenvalue weighted by molar-refractivity contribution is 5.95. The SMILES string of the molecule is NCc1nn(-c2ccc(OC(F)(F)F)cc2)c2nccc(-c3cnn(CCO)c3)c12. The minimum atomic E-state index is -4.76. The molecule has 4 aromatic rings. The molecule has 0 saturated heterocycles. The first-order valence-corrected chi connectivity index (χ1v) is 8.96. The van der Waals surface area contributed by atoms with E-state index in [2.05, 4.69) is 19.9 Å². The highest BCUT2D eigenvalue weighted by atomic mass is 19.4. The van der Waals surface area contributed by atoms with Crippen LogP contribution >= 0.6 is 0 Å². The van der Waals surface area contributed by atoms with Crippen LogP contribution in [0.25, 0.3) is 27.8 Å². The molecule has 0 aliphatic carbocycles. The van der Waals surface area contributed by atoms with E-state index in [1.165, 1.54) is 28.9 Å². The van der Waals surface area contributed by atoms with Crippen LogP contribution < -0.4 is 10.5 Å². The Morgan fingerprint density at radius 1 is 1.13 bits per heavy atom. The smallest absolute Gasteiger partial charge is 0.406 e. The molecule has 11 heteroatoms. The van der Waals surface area contributed by atoms with Crippen LogP contribution in [0.1, 0.15) is 5.69 Å². The third-order valence-corrected chi connectivity index (χ3v) is 4.42. The summed E-state index contributed by atoms with van der Waals surface area (Å²) in [5, 5.41) is 18.5. The molecule has 0 saturated carbocycles. The van der Waals surface area contributed by atoms with Crippen molar-refractivity contribution in [2.45, 2.75) is 19.5 Å². The van der Waals surface area contributed by atoms with E-state index in [4.69, 9.17) is 10.8 Å². The number of fused-ring (bicyclic) bond motifs is 1. The number of benzene rings is 1.